The molecule has 0 saturated heterocycles. The lowest BCUT2D eigenvalue weighted by molar-refractivity contribution is 0.282. The van der Waals surface area contributed by atoms with E-state index >= 15 is 0 Å². The monoisotopic (exact) mass is 465 g/mol. The lowest BCUT2D eigenvalue weighted by Gasteiger charge is -2.13. The van der Waals surface area contributed by atoms with Crippen molar-refractivity contribution < 1.29 is 9.47 Å². The molecule has 30 heavy (non-hydrogen) atoms. The number of nitriles is 1. The maximum absolute atomic E-state index is 12.5. The normalized spacial score (nSPS) is 10.8. The van der Waals surface area contributed by atoms with Crippen LogP contribution in [0.1, 0.15) is 27.9 Å². The molecule has 152 valence electrons. The highest BCUT2D eigenvalue weighted by atomic mass is 79.9. The minimum absolute atomic E-state index is 0.0844. The van der Waals surface area contributed by atoms with Gasteiger partial charge in [0.25, 0.3) is 5.56 Å². The Morgan fingerprint density at radius 3 is 2.60 bits per heavy atom. The molecule has 1 heterocycles. The summed E-state index contributed by atoms with van der Waals surface area (Å²) in [6, 6.07) is 17.1. The van der Waals surface area contributed by atoms with E-state index in [4.69, 9.17) is 9.47 Å². The Morgan fingerprint density at radius 2 is 1.93 bits per heavy atom. The lowest BCUT2D eigenvalue weighted by atomic mass is 10.1. The molecule has 0 unspecified atom stereocenters. The molecule has 0 amide bonds. The molecule has 0 N–H and O–H groups in total. The van der Waals surface area contributed by atoms with E-state index in [-0.39, 0.29) is 5.56 Å². The van der Waals surface area contributed by atoms with Crippen LogP contribution < -0.4 is 15.0 Å². The average Bonchev–Trinajstić information content (AvgIpc) is 2.73. The number of hydrogen-bond donors (Lipinski definition) is 0. The molecule has 0 aliphatic heterocycles. The molecule has 3 aromatic rings. The molecule has 2 aromatic carbocycles. The Hall–Kier alpha value is -3.37. The first-order valence-electron chi connectivity index (χ1n) is 9.16. The smallest absolute Gasteiger partial charge is 0.289 e. The number of nitrogens with zero attached hydrogens (tertiary/aromatic N) is 3. The fourth-order valence-corrected chi connectivity index (χ4v) is 3.54. The largest absolute Gasteiger partial charge is 0.493 e. The Labute approximate surface area is 183 Å². The Kier molecular flexibility index (Phi) is 6.70. The molecule has 0 radical (unpaired) electrons. The number of benzene rings is 2. The van der Waals surface area contributed by atoms with E-state index in [9.17, 15) is 10.1 Å². The van der Waals surface area contributed by atoms with Crippen LogP contribution >= 0.6 is 15.9 Å². The Bertz CT molecular complexity index is 1200. The third-order valence-electron chi connectivity index (χ3n) is 4.47. The van der Waals surface area contributed by atoms with Gasteiger partial charge in [-0.25, -0.2) is 4.68 Å². The van der Waals surface area contributed by atoms with Gasteiger partial charge in [-0.15, -0.1) is 0 Å². The summed E-state index contributed by atoms with van der Waals surface area (Å²) in [6.45, 7) is 3.90. The van der Waals surface area contributed by atoms with Crippen molar-refractivity contribution in [2.45, 2.75) is 20.5 Å². The molecule has 7 heteroatoms. The highest BCUT2D eigenvalue weighted by Crippen LogP contribution is 2.36. The van der Waals surface area contributed by atoms with E-state index in [0.717, 1.165) is 5.56 Å². The molecule has 0 atom stereocenters. The Morgan fingerprint density at radius 1 is 1.20 bits per heavy atom. The highest BCUT2D eigenvalue weighted by molar-refractivity contribution is 9.10. The van der Waals surface area contributed by atoms with Crippen LogP contribution in [0.15, 0.2) is 62.9 Å². The summed E-state index contributed by atoms with van der Waals surface area (Å²) in [5, 5.41) is 13.5. The number of hydrogen-bond acceptors (Lipinski definition) is 5. The van der Waals surface area contributed by atoms with Crippen LogP contribution in [0.3, 0.4) is 0 Å². The van der Waals surface area contributed by atoms with Gasteiger partial charge in [0.05, 0.1) is 17.8 Å². The third kappa shape index (κ3) is 4.61. The van der Waals surface area contributed by atoms with Crippen LogP contribution in [-0.2, 0) is 6.61 Å². The summed E-state index contributed by atoms with van der Waals surface area (Å²) >= 11 is 3.52. The second-order valence-electron chi connectivity index (χ2n) is 6.63. The van der Waals surface area contributed by atoms with Crippen LogP contribution in [0.25, 0.3) is 0 Å². The highest BCUT2D eigenvalue weighted by Gasteiger charge is 2.12. The van der Waals surface area contributed by atoms with Crippen LogP contribution in [0.2, 0.25) is 0 Å². The van der Waals surface area contributed by atoms with E-state index in [1.807, 2.05) is 42.5 Å². The van der Waals surface area contributed by atoms with Crippen LogP contribution in [0, 0.1) is 25.2 Å². The fourth-order valence-electron chi connectivity index (χ4n) is 2.97. The van der Waals surface area contributed by atoms with Gasteiger partial charge < -0.3 is 9.47 Å². The summed E-state index contributed by atoms with van der Waals surface area (Å²) in [5.41, 5.74) is 2.66. The van der Waals surface area contributed by atoms with Crippen molar-refractivity contribution in [1.82, 2.24) is 4.68 Å². The van der Waals surface area contributed by atoms with Crippen LogP contribution in [-0.4, -0.2) is 18.0 Å². The maximum Gasteiger partial charge on any atom is 0.289 e. The summed E-state index contributed by atoms with van der Waals surface area (Å²) < 4.78 is 13.3. The van der Waals surface area contributed by atoms with Gasteiger partial charge in [-0.2, -0.15) is 10.4 Å². The first-order chi connectivity index (χ1) is 14.4. The third-order valence-corrected chi connectivity index (χ3v) is 5.06. The minimum atomic E-state index is -0.444. The molecular weight excluding hydrogens is 446 g/mol. The van der Waals surface area contributed by atoms with Gasteiger partial charge in [-0.3, -0.25) is 4.79 Å². The molecule has 0 aliphatic rings. The van der Waals surface area contributed by atoms with Crippen molar-refractivity contribution in [3.8, 4) is 17.6 Å². The maximum atomic E-state index is 12.5. The fraction of sp³-hybridized carbons (Fsp3) is 0.174. The zero-order chi connectivity index (χ0) is 21.7. The van der Waals surface area contributed by atoms with Crippen molar-refractivity contribution in [2.75, 3.05) is 7.11 Å². The SMILES string of the molecule is COc1cc(/C=N/n2c(C)cc(C)c(C#N)c2=O)cc(Br)c1OCc1ccccc1. The van der Waals surface area contributed by atoms with Gasteiger partial charge >= 0.3 is 0 Å². The molecule has 0 saturated carbocycles. The van der Waals surface area contributed by atoms with Crippen LogP contribution in [0.4, 0.5) is 0 Å². The number of aryl methyl sites for hydroxylation is 2. The minimum Gasteiger partial charge on any atom is -0.493 e. The number of pyridine rings is 1. The van der Waals surface area contributed by atoms with Gasteiger partial charge in [-0.05, 0) is 64.7 Å². The van der Waals surface area contributed by atoms with E-state index < -0.39 is 5.56 Å². The number of halogens is 1. The number of methoxy groups -OCH3 is 1. The Balaban J connectivity index is 1.91. The molecular formula is C23H20BrN3O3. The van der Waals surface area contributed by atoms with Crippen molar-refractivity contribution in [2.24, 2.45) is 5.10 Å². The zero-order valence-electron chi connectivity index (χ0n) is 16.8. The van der Waals surface area contributed by atoms with Crippen molar-refractivity contribution in [3.63, 3.8) is 0 Å². The van der Waals surface area contributed by atoms with Gasteiger partial charge in [0.1, 0.15) is 18.2 Å². The molecule has 6 nitrogen and oxygen atoms in total. The molecule has 0 aliphatic carbocycles. The summed E-state index contributed by atoms with van der Waals surface area (Å²) in [6.07, 6.45) is 1.54. The topological polar surface area (TPSA) is 76.6 Å². The molecule has 3 rings (SSSR count). The predicted octanol–water partition coefficient (Wildman–Crippen LogP) is 4.57. The quantitative estimate of drug-likeness (QED) is 0.499. The van der Waals surface area contributed by atoms with Gasteiger partial charge in [0.15, 0.2) is 11.5 Å². The van der Waals surface area contributed by atoms with Gasteiger partial charge in [0.2, 0.25) is 0 Å². The first-order valence-corrected chi connectivity index (χ1v) is 9.96. The van der Waals surface area contributed by atoms with Crippen molar-refractivity contribution in [1.29, 1.82) is 5.26 Å². The number of aromatic nitrogens is 1. The summed E-state index contributed by atoms with van der Waals surface area (Å²) in [5.74, 6) is 1.11. The van der Waals surface area contributed by atoms with E-state index in [1.165, 1.54) is 4.68 Å². The average molecular weight is 466 g/mol. The summed E-state index contributed by atoms with van der Waals surface area (Å²) in [7, 11) is 1.56. The molecule has 0 bridgehead atoms. The molecule has 0 fully saturated rings. The zero-order valence-corrected chi connectivity index (χ0v) is 18.4. The van der Waals surface area contributed by atoms with E-state index in [1.54, 1.807) is 39.3 Å². The lowest BCUT2D eigenvalue weighted by Crippen LogP contribution is -2.22. The predicted molar refractivity (Wildman–Crippen MR) is 119 cm³/mol. The number of rotatable bonds is 6. The first kappa shape index (κ1) is 21.3. The van der Waals surface area contributed by atoms with Gasteiger partial charge in [-0.1, -0.05) is 30.3 Å². The summed E-state index contributed by atoms with van der Waals surface area (Å²) in [4.78, 5) is 12.5. The second-order valence-corrected chi connectivity index (χ2v) is 7.48. The van der Waals surface area contributed by atoms with E-state index in [0.29, 0.717) is 39.4 Å². The standard InChI is InChI=1S/C23H20BrN3O3/c1-15-9-16(2)27(23(28)19(15)12-25)26-13-18-10-20(24)22(21(11-18)29-3)30-14-17-7-5-4-6-8-17/h4-11,13H,14H2,1-3H3/b26-13+. The van der Waals surface area contributed by atoms with E-state index in [2.05, 4.69) is 21.0 Å². The van der Waals surface area contributed by atoms with Crippen molar-refractivity contribution >= 4 is 22.1 Å². The van der Waals surface area contributed by atoms with Crippen molar-refractivity contribution in [3.05, 3.63) is 91.3 Å². The second kappa shape index (κ2) is 9.42. The number of ether oxygens (including phenoxy) is 2. The van der Waals surface area contributed by atoms with Gasteiger partial charge in [0, 0.05) is 5.69 Å². The molecule has 1 aromatic heterocycles. The molecule has 0 spiro atoms. The van der Waals surface area contributed by atoms with Crippen LogP contribution in [0.5, 0.6) is 11.5 Å².